The summed E-state index contributed by atoms with van der Waals surface area (Å²) in [5.74, 6) is 0.252. The molecule has 1 aliphatic rings. The number of nitrogens with zero attached hydrogens (tertiary/aromatic N) is 5. The molecule has 0 bridgehead atoms. The van der Waals surface area contributed by atoms with Crippen LogP contribution in [0.2, 0.25) is 0 Å². The highest BCUT2D eigenvalue weighted by atomic mass is 32.2. The van der Waals surface area contributed by atoms with Gasteiger partial charge in [-0.2, -0.15) is 10.2 Å². The molecule has 2 aromatic heterocycles. The molecule has 1 aliphatic heterocycles. The fraction of sp³-hybridized carbons (Fsp3) is 0.409. The zero-order chi connectivity index (χ0) is 22.3. The maximum atomic E-state index is 13.0. The number of benzene rings is 1. The summed E-state index contributed by atoms with van der Waals surface area (Å²) in [6, 6.07) is 9.19. The molecule has 1 fully saturated rings. The second-order valence-electron chi connectivity index (χ2n) is 8.24. The van der Waals surface area contributed by atoms with Crippen molar-refractivity contribution >= 4 is 15.7 Å². The van der Waals surface area contributed by atoms with Gasteiger partial charge in [-0.1, -0.05) is 0 Å². The van der Waals surface area contributed by atoms with E-state index in [1.165, 1.54) is 0 Å². The zero-order valence-electron chi connectivity index (χ0n) is 18.2. The molecule has 8 nitrogen and oxygen atoms in total. The summed E-state index contributed by atoms with van der Waals surface area (Å²) in [5, 5.41) is 8.88. The van der Waals surface area contributed by atoms with Gasteiger partial charge in [0.2, 0.25) is 0 Å². The Morgan fingerprint density at radius 3 is 2.45 bits per heavy atom. The van der Waals surface area contributed by atoms with Gasteiger partial charge in [0.05, 0.1) is 28.9 Å². The van der Waals surface area contributed by atoms with Crippen molar-refractivity contribution in [2.45, 2.75) is 39.8 Å². The number of sulfone groups is 1. The molecule has 0 N–H and O–H groups in total. The average molecular weight is 442 g/mol. The van der Waals surface area contributed by atoms with Gasteiger partial charge in [0, 0.05) is 42.3 Å². The molecule has 0 unspecified atom stereocenters. The first-order chi connectivity index (χ1) is 14.7. The summed E-state index contributed by atoms with van der Waals surface area (Å²) >= 11 is 0. The lowest BCUT2D eigenvalue weighted by Gasteiger charge is -2.18. The Bertz CT molecular complexity index is 1220. The van der Waals surface area contributed by atoms with Gasteiger partial charge >= 0.3 is 0 Å². The van der Waals surface area contributed by atoms with E-state index >= 15 is 0 Å². The fourth-order valence-electron chi connectivity index (χ4n) is 4.16. The van der Waals surface area contributed by atoms with Crippen molar-refractivity contribution in [3.63, 3.8) is 0 Å². The van der Waals surface area contributed by atoms with E-state index in [-0.39, 0.29) is 23.5 Å². The van der Waals surface area contributed by atoms with E-state index in [1.54, 1.807) is 18.1 Å². The summed E-state index contributed by atoms with van der Waals surface area (Å²) in [5.41, 5.74) is 5.23. The Balaban J connectivity index is 1.50. The van der Waals surface area contributed by atoms with Gasteiger partial charge < -0.3 is 4.90 Å². The Morgan fingerprint density at radius 2 is 1.87 bits per heavy atom. The van der Waals surface area contributed by atoms with Crippen LogP contribution in [-0.4, -0.2) is 57.3 Å². The number of hydrogen-bond acceptors (Lipinski definition) is 5. The fourth-order valence-corrected chi connectivity index (χ4v) is 5.86. The number of carbonyl (C=O) groups excluding carboxylic acids is 1. The molecule has 164 valence electrons. The van der Waals surface area contributed by atoms with Crippen LogP contribution in [0.15, 0.2) is 36.5 Å². The molecule has 0 aliphatic carbocycles. The lowest BCUT2D eigenvalue weighted by molar-refractivity contribution is 0.0784. The highest BCUT2D eigenvalue weighted by Gasteiger charge is 2.31. The number of carbonyl (C=O) groups is 1. The molecule has 3 aromatic rings. The molecule has 0 saturated carbocycles. The van der Waals surface area contributed by atoms with Gasteiger partial charge in [0.25, 0.3) is 5.91 Å². The molecule has 0 spiro atoms. The summed E-state index contributed by atoms with van der Waals surface area (Å²) in [4.78, 5) is 14.6. The number of hydrogen-bond donors (Lipinski definition) is 0. The monoisotopic (exact) mass is 441 g/mol. The molecule has 1 aromatic carbocycles. The SMILES string of the molecule is Cc1nn([C@@H]2CCS(=O)(=O)C2)c(C)c1CN(C)C(=O)c1ccc(-n2nccc2C)cc1. The first-order valence-corrected chi connectivity index (χ1v) is 12.1. The predicted octanol–water partition coefficient (Wildman–Crippen LogP) is 2.63. The van der Waals surface area contributed by atoms with E-state index in [1.807, 2.05) is 60.5 Å². The number of rotatable bonds is 5. The van der Waals surface area contributed by atoms with Crippen molar-refractivity contribution in [2.75, 3.05) is 18.6 Å². The second kappa shape index (κ2) is 7.96. The van der Waals surface area contributed by atoms with Crippen LogP contribution in [-0.2, 0) is 16.4 Å². The van der Waals surface area contributed by atoms with Gasteiger partial charge in [-0.05, 0) is 57.5 Å². The molecule has 9 heteroatoms. The smallest absolute Gasteiger partial charge is 0.253 e. The molecule has 1 atom stereocenters. The van der Waals surface area contributed by atoms with Gasteiger partial charge in [-0.15, -0.1) is 0 Å². The van der Waals surface area contributed by atoms with Crippen LogP contribution in [0.1, 0.15) is 45.5 Å². The number of aromatic nitrogens is 4. The summed E-state index contributed by atoms with van der Waals surface area (Å²) in [6.45, 7) is 6.24. The predicted molar refractivity (Wildman–Crippen MR) is 118 cm³/mol. The minimum absolute atomic E-state index is 0.0845. The molecule has 1 amide bonds. The van der Waals surface area contributed by atoms with Crippen LogP contribution in [0, 0.1) is 20.8 Å². The maximum absolute atomic E-state index is 13.0. The van der Waals surface area contributed by atoms with Gasteiger partial charge in [-0.3, -0.25) is 9.48 Å². The molecular formula is C22H27N5O3S. The lowest BCUT2D eigenvalue weighted by Crippen LogP contribution is -2.26. The Kier molecular flexibility index (Phi) is 5.47. The standard InChI is InChI=1S/C22H27N5O3S/c1-15-9-11-23-26(15)19-7-5-18(6-8-19)22(28)25(4)13-21-16(2)24-27(17(21)3)20-10-12-31(29,30)14-20/h5-9,11,20H,10,12-14H2,1-4H3/t20-/m1/s1. The van der Waals surface area contributed by atoms with Gasteiger partial charge in [0.15, 0.2) is 9.84 Å². The Hall–Kier alpha value is -2.94. The van der Waals surface area contributed by atoms with Crippen molar-refractivity contribution in [3.05, 3.63) is 64.7 Å². The van der Waals surface area contributed by atoms with Crippen molar-refractivity contribution in [2.24, 2.45) is 0 Å². The Labute approximate surface area is 182 Å². The van der Waals surface area contributed by atoms with Crippen LogP contribution in [0.3, 0.4) is 0 Å². The highest BCUT2D eigenvalue weighted by molar-refractivity contribution is 7.91. The third-order valence-corrected chi connectivity index (χ3v) is 7.71. The van der Waals surface area contributed by atoms with E-state index < -0.39 is 9.84 Å². The van der Waals surface area contributed by atoms with Crippen molar-refractivity contribution < 1.29 is 13.2 Å². The van der Waals surface area contributed by atoms with Crippen molar-refractivity contribution in [3.8, 4) is 5.69 Å². The number of aryl methyl sites for hydroxylation is 2. The molecular weight excluding hydrogens is 414 g/mol. The van der Waals surface area contributed by atoms with E-state index in [9.17, 15) is 13.2 Å². The first kappa shape index (κ1) is 21.3. The quantitative estimate of drug-likeness (QED) is 0.607. The van der Waals surface area contributed by atoms with Gasteiger partial charge in [-0.25, -0.2) is 13.1 Å². The molecule has 4 rings (SSSR count). The Morgan fingerprint density at radius 1 is 1.16 bits per heavy atom. The topological polar surface area (TPSA) is 90.1 Å². The van der Waals surface area contributed by atoms with Crippen LogP contribution in [0.4, 0.5) is 0 Å². The summed E-state index contributed by atoms with van der Waals surface area (Å²) in [6.07, 6.45) is 2.33. The van der Waals surface area contributed by atoms with E-state index in [0.717, 1.165) is 28.3 Å². The second-order valence-corrected chi connectivity index (χ2v) is 10.5. The average Bonchev–Trinajstić information content (AvgIpc) is 3.40. The van der Waals surface area contributed by atoms with Crippen LogP contribution in [0.5, 0.6) is 0 Å². The summed E-state index contributed by atoms with van der Waals surface area (Å²) < 4.78 is 27.4. The van der Waals surface area contributed by atoms with Crippen LogP contribution >= 0.6 is 0 Å². The maximum Gasteiger partial charge on any atom is 0.253 e. The van der Waals surface area contributed by atoms with E-state index in [0.29, 0.717) is 18.5 Å². The van der Waals surface area contributed by atoms with Crippen LogP contribution in [0.25, 0.3) is 5.69 Å². The van der Waals surface area contributed by atoms with Crippen LogP contribution < -0.4 is 0 Å². The van der Waals surface area contributed by atoms with E-state index in [2.05, 4.69) is 10.2 Å². The first-order valence-electron chi connectivity index (χ1n) is 10.3. The third-order valence-electron chi connectivity index (χ3n) is 5.96. The molecule has 0 radical (unpaired) electrons. The molecule has 3 heterocycles. The highest BCUT2D eigenvalue weighted by Crippen LogP contribution is 2.27. The van der Waals surface area contributed by atoms with E-state index in [4.69, 9.17) is 0 Å². The largest absolute Gasteiger partial charge is 0.337 e. The third kappa shape index (κ3) is 4.14. The van der Waals surface area contributed by atoms with Crippen molar-refractivity contribution in [1.29, 1.82) is 0 Å². The number of amides is 1. The van der Waals surface area contributed by atoms with Crippen molar-refractivity contribution in [1.82, 2.24) is 24.5 Å². The zero-order valence-corrected chi connectivity index (χ0v) is 19.1. The molecule has 1 saturated heterocycles. The molecule has 31 heavy (non-hydrogen) atoms. The minimum Gasteiger partial charge on any atom is -0.337 e. The van der Waals surface area contributed by atoms with Gasteiger partial charge in [0.1, 0.15) is 0 Å². The lowest BCUT2D eigenvalue weighted by atomic mass is 10.1. The minimum atomic E-state index is -2.99. The summed E-state index contributed by atoms with van der Waals surface area (Å²) in [7, 11) is -1.22. The normalized spacial score (nSPS) is 17.7.